The number of benzene rings is 2. The molecule has 2 aromatic rings. The number of ether oxygens (including phenoxy) is 1. The van der Waals surface area contributed by atoms with Gasteiger partial charge >= 0.3 is 5.97 Å². The lowest BCUT2D eigenvalue weighted by Crippen LogP contribution is -2.39. The van der Waals surface area contributed by atoms with Crippen molar-refractivity contribution in [3.63, 3.8) is 0 Å². The van der Waals surface area contributed by atoms with Crippen LogP contribution in [0, 0.1) is 0 Å². The molecule has 0 saturated heterocycles. The first-order valence-corrected chi connectivity index (χ1v) is 8.22. The van der Waals surface area contributed by atoms with Gasteiger partial charge in [0.25, 0.3) is 5.91 Å². The average Bonchev–Trinajstić information content (AvgIpc) is 2.65. The van der Waals surface area contributed by atoms with Gasteiger partial charge in [0.1, 0.15) is 0 Å². The third-order valence-electron chi connectivity index (χ3n) is 4.61. The van der Waals surface area contributed by atoms with Crippen molar-refractivity contribution in [3.8, 4) is 0 Å². The molecule has 1 aliphatic heterocycles. The zero-order valence-electron chi connectivity index (χ0n) is 14.0. The average molecular weight is 323 g/mol. The van der Waals surface area contributed by atoms with Crippen LogP contribution in [0.4, 0.5) is 0 Å². The van der Waals surface area contributed by atoms with E-state index in [1.54, 1.807) is 24.3 Å². The molecular formula is C20H21NO3. The first kappa shape index (κ1) is 16.2. The minimum absolute atomic E-state index is 0.00719. The van der Waals surface area contributed by atoms with Gasteiger partial charge in [-0.15, -0.1) is 0 Å². The van der Waals surface area contributed by atoms with Crippen LogP contribution in [-0.2, 0) is 11.2 Å². The highest BCUT2D eigenvalue weighted by molar-refractivity contribution is 5.96. The fourth-order valence-corrected chi connectivity index (χ4v) is 3.37. The van der Waals surface area contributed by atoms with E-state index in [-0.39, 0.29) is 11.9 Å². The maximum atomic E-state index is 12.9. The molecule has 0 radical (unpaired) electrons. The Hall–Kier alpha value is -2.62. The fraction of sp³-hybridized carbons (Fsp3) is 0.300. The summed E-state index contributed by atoms with van der Waals surface area (Å²) in [6, 6.07) is 15.1. The molecule has 0 unspecified atom stereocenters. The highest BCUT2D eigenvalue weighted by atomic mass is 16.5. The molecule has 0 aliphatic carbocycles. The molecule has 0 aromatic heterocycles. The van der Waals surface area contributed by atoms with Gasteiger partial charge in [-0.05, 0) is 48.2 Å². The van der Waals surface area contributed by atoms with Crippen molar-refractivity contribution in [1.29, 1.82) is 0 Å². The van der Waals surface area contributed by atoms with Crippen LogP contribution in [0.1, 0.15) is 51.2 Å². The number of nitrogens with zero attached hydrogens (tertiary/aromatic N) is 1. The molecule has 1 aliphatic rings. The second-order valence-electron chi connectivity index (χ2n) is 5.94. The molecule has 2 aromatic carbocycles. The van der Waals surface area contributed by atoms with Crippen LogP contribution in [0.5, 0.6) is 0 Å². The van der Waals surface area contributed by atoms with E-state index in [9.17, 15) is 9.59 Å². The molecule has 1 amide bonds. The SMILES string of the molecule is CC[C@H]1c2ccccc2CCN1C(=O)c1ccc(C(=O)OC)cc1. The number of esters is 1. The number of carbonyl (C=O) groups excluding carboxylic acids is 2. The lowest BCUT2D eigenvalue weighted by atomic mass is 9.90. The van der Waals surface area contributed by atoms with Gasteiger partial charge < -0.3 is 9.64 Å². The van der Waals surface area contributed by atoms with Gasteiger partial charge in [0.05, 0.1) is 18.7 Å². The Morgan fingerprint density at radius 2 is 1.75 bits per heavy atom. The van der Waals surface area contributed by atoms with Crippen molar-refractivity contribution >= 4 is 11.9 Å². The number of methoxy groups -OCH3 is 1. The maximum Gasteiger partial charge on any atom is 0.337 e. The molecule has 0 saturated carbocycles. The fourth-order valence-electron chi connectivity index (χ4n) is 3.37. The molecular weight excluding hydrogens is 302 g/mol. The zero-order chi connectivity index (χ0) is 17.1. The Kier molecular flexibility index (Phi) is 4.65. The second kappa shape index (κ2) is 6.87. The lowest BCUT2D eigenvalue weighted by Gasteiger charge is -2.37. The Bertz CT molecular complexity index is 752. The number of rotatable bonds is 3. The summed E-state index contributed by atoms with van der Waals surface area (Å²) in [6.07, 6.45) is 1.75. The number of fused-ring (bicyclic) bond motifs is 1. The number of amides is 1. The van der Waals surface area contributed by atoms with E-state index in [1.165, 1.54) is 18.2 Å². The largest absolute Gasteiger partial charge is 0.465 e. The van der Waals surface area contributed by atoms with E-state index in [1.807, 2.05) is 11.0 Å². The number of carbonyl (C=O) groups is 2. The Morgan fingerprint density at radius 3 is 2.42 bits per heavy atom. The molecule has 124 valence electrons. The van der Waals surface area contributed by atoms with Crippen molar-refractivity contribution < 1.29 is 14.3 Å². The Labute approximate surface area is 142 Å². The molecule has 4 heteroatoms. The van der Waals surface area contributed by atoms with Crippen LogP contribution in [0.25, 0.3) is 0 Å². The van der Waals surface area contributed by atoms with Crippen LogP contribution in [-0.4, -0.2) is 30.4 Å². The van der Waals surface area contributed by atoms with Gasteiger partial charge in [-0.25, -0.2) is 4.79 Å². The first-order valence-electron chi connectivity index (χ1n) is 8.22. The normalized spacial score (nSPS) is 16.4. The molecule has 0 fully saturated rings. The van der Waals surface area contributed by atoms with Gasteiger partial charge in [0, 0.05) is 12.1 Å². The van der Waals surface area contributed by atoms with Crippen molar-refractivity contribution in [2.75, 3.05) is 13.7 Å². The van der Waals surface area contributed by atoms with Crippen LogP contribution < -0.4 is 0 Å². The van der Waals surface area contributed by atoms with Gasteiger partial charge in [0.2, 0.25) is 0 Å². The third-order valence-corrected chi connectivity index (χ3v) is 4.61. The van der Waals surface area contributed by atoms with E-state index in [0.717, 1.165) is 12.8 Å². The topological polar surface area (TPSA) is 46.6 Å². The van der Waals surface area contributed by atoms with Gasteiger partial charge in [-0.2, -0.15) is 0 Å². The van der Waals surface area contributed by atoms with Crippen molar-refractivity contribution in [2.24, 2.45) is 0 Å². The van der Waals surface area contributed by atoms with Crippen molar-refractivity contribution in [2.45, 2.75) is 25.8 Å². The highest BCUT2D eigenvalue weighted by Crippen LogP contribution is 2.33. The van der Waals surface area contributed by atoms with Crippen LogP contribution in [0.2, 0.25) is 0 Å². The monoisotopic (exact) mass is 323 g/mol. The minimum Gasteiger partial charge on any atom is -0.465 e. The highest BCUT2D eigenvalue weighted by Gasteiger charge is 2.29. The molecule has 3 rings (SSSR count). The molecule has 24 heavy (non-hydrogen) atoms. The second-order valence-corrected chi connectivity index (χ2v) is 5.94. The number of hydrogen-bond donors (Lipinski definition) is 0. The van der Waals surface area contributed by atoms with Crippen LogP contribution in [0.15, 0.2) is 48.5 Å². The molecule has 1 heterocycles. The summed E-state index contributed by atoms with van der Waals surface area (Å²) in [7, 11) is 1.35. The summed E-state index contributed by atoms with van der Waals surface area (Å²) in [6.45, 7) is 2.82. The standard InChI is InChI=1S/C20H21NO3/c1-3-18-17-7-5-4-6-14(17)12-13-21(18)19(22)15-8-10-16(11-9-15)20(23)24-2/h4-11,18H,3,12-13H2,1-2H3/t18-/m0/s1. The predicted octanol–water partition coefficient (Wildman–Crippen LogP) is 3.62. The molecule has 0 bridgehead atoms. The summed E-state index contributed by atoms with van der Waals surface area (Å²) in [5.74, 6) is -0.389. The predicted molar refractivity (Wildman–Crippen MR) is 92.0 cm³/mol. The van der Waals surface area contributed by atoms with Gasteiger partial charge in [0.15, 0.2) is 0 Å². The minimum atomic E-state index is -0.396. The zero-order valence-corrected chi connectivity index (χ0v) is 14.0. The molecule has 4 nitrogen and oxygen atoms in total. The first-order chi connectivity index (χ1) is 11.7. The van der Waals surface area contributed by atoms with Crippen LogP contribution >= 0.6 is 0 Å². The molecule has 0 spiro atoms. The summed E-state index contributed by atoms with van der Waals surface area (Å²) in [4.78, 5) is 26.4. The summed E-state index contributed by atoms with van der Waals surface area (Å²) in [5, 5.41) is 0. The van der Waals surface area contributed by atoms with Gasteiger partial charge in [-0.3, -0.25) is 4.79 Å². The van der Waals surface area contributed by atoms with Crippen molar-refractivity contribution in [3.05, 3.63) is 70.8 Å². The summed E-state index contributed by atoms with van der Waals surface area (Å²) in [5.41, 5.74) is 3.62. The Balaban J connectivity index is 1.86. The quantitative estimate of drug-likeness (QED) is 0.811. The summed E-state index contributed by atoms with van der Waals surface area (Å²) >= 11 is 0. The smallest absolute Gasteiger partial charge is 0.337 e. The third kappa shape index (κ3) is 2.92. The van der Waals surface area contributed by atoms with Gasteiger partial charge in [-0.1, -0.05) is 31.2 Å². The van der Waals surface area contributed by atoms with E-state index in [2.05, 4.69) is 25.1 Å². The van der Waals surface area contributed by atoms with E-state index in [0.29, 0.717) is 17.7 Å². The Morgan fingerprint density at radius 1 is 1.08 bits per heavy atom. The van der Waals surface area contributed by atoms with E-state index in [4.69, 9.17) is 4.74 Å². The lowest BCUT2D eigenvalue weighted by molar-refractivity contribution is 0.0598. The van der Waals surface area contributed by atoms with Crippen LogP contribution in [0.3, 0.4) is 0 Å². The number of hydrogen-bond acceptors (Lipinski definition) is 3. The van der Waals surface area contributed by atoms with E-state index >= 15 is 0 Å². The van der Waals surface area contributed by atoms with E-state index < -0.39 is 5.97 Å². The molecule has 0 N–H and O–H groups in total. The van der Waals surface area contributed by atoms with Crippen molar-refractivity contribution in [1.82, 2.24) is 4.90 Å². The summed E-state index contributed by atoms with van der Waals surface area (Å²) < 4.78 is 4.69. The maximum absolute atomic E-state index is 12.9. The molecule has 1 atom stereocenters.